The Hall–Kier alpha value is -5.28. The molecule has 0 radical (unpaired) electrons. The summed E-state index contributed by atoms with van der Waals surface area (Å²) in [6, 6.07) is 32.2. The molecule has 0 bridgehead atoms. The van der Waals surface area contributed by atoms with Gasteiger partial charge in [-0.2, -0.15) is 0 Å². The number of nitrogens with one attached hydrogen (secondary N) is 2. The van der Waals surface area contributed by atoms with Crippen LogP contribution in [0.4, 0.5) is 20.2 Å². The summed E-state index contributed by atoms with van der Waals surface area (Å²) in [5, 5.41) is 15.0. The molecule has 0 aliphatic heterocycles. The van der Waals surface area contributed by atoms with E-state index in [1.165, 1.54) is 24.3 Å². The largest absolute Gasteiger partial charge is 0.381 e. The van der Waals surface area contributed by atoms with Crippen molar-refractivity contribution in [2.45, 2.75) is 26.3 Å². The van der Waals surface area contributed by atoms with Crippen molar-refractivity contribution in [1.29, 1.82) is 0 Å². The molecule has 7 nitrogen and oxygen atoms in total. The van der Waals surface area contributed by atoms with Crippen LogP contribution >= 0.6 is 0 Å². The van der Waals surface area contributed by atoms with Crippen LogP contribution in [0, 0.1) is 11.6 Å². The van der Waals surface area contributed by atoms with Gasteiger partial charge < -0.3 is 24.4 Å². The lowest BCUT2D eigenvalue weighted by Crippen LogP contribution is -1.99. The van der Waals surface area contributed by atoms with Crippen LogP contribution < -0.4 is 10.6 Å². The lowest BCUT2D eigenvalue weighted by Gasteiger charge is -2.07. The van der Waals surface area contributed by atoms with Crippen molar-refractivity contribution < 1.29 is 22.6 Å². The molecule has 6 aromatic rings. The van der Waals surface area contributed by atoms with E-state index >= 15 is 0 Å². The highest BCUT2D eigenvalue weighted by atomic mass is 19.1. The number of aromatic nitrogens is 2. The highest BCUT2D eigenvalue weighted by Gasteiger charge is 2.10. The maximum absolute atomic E-state index is 13.1. The van der Waals surface area contributed by atoms with E-state index in [0.717, 1.165) is 33.6 Å². The SMILES string of the molecule is Fc1ccc(CNc2ccc(-c3cc(COCc4cc(-c5ccc(NCc6ccc(F)cc6)cc5)no4)on3)cc2)cc1. The number of hydrogen-bond donors (Lipinski definition) is 2. The Kier molecular flexibility index (Phi) is 8.51. The number of ether oxygens (including phenoxy) is 1. The second kappa shape index (κ2) is 13.1. The zero-order valence-corrected chi connectivity index (χ0v) is 23.1. The molecule has 0 atom stereocenters. The van der Waals surface area contributed by atoms with E-state index in [-0.39, 0.29) is 24.8 Å². The average molecular weight is 579 g/mol. The second-order valence-electron chi connectivity index (χ2n) is 9.96. The number of halogens is 2. The molecule has 216 valence electrons. The zero-order chi connectivity index (χ0) is 29.4. The van der Waals surface area contributed by atoms with E-state index in [0.29, 0.717) is 36.0 Å². The van der Waals surface area contributed by atoms with Crippen LogP contribution in [-0.2, 0) is 31.0 Å². The van der Waals surface area contributed by atoms with Crippen molar-refractivity contribution in [2.24, 2.45) is 0 Å². The number of benzene rings is 4. The first kappa shape index (κ1) is 27.9. The minimum atomic E-state index is -0.245. The van der Waals surface area contributed by atoms with Crippen LogP contribution in [0.15, 0.2) is 118 Å². The summed E-state index contributed by atoms with van der Waals surface area (Å²) >= 11 is 0. The lowest BCUT2D eigenvalue weighted by atomic mass is 10.1. The summed E-state index contributed by atoms with van der Waals surface area (Å²) in [6.07, 6.45) is 0. The highest BCUT2D eigenvalue weighted by molar-refractivity contribution is 5.63. The Morgan fingerprint density at radius 1 is 0.535 bits per heavy atom. The fourth-order valence-corrected chi connectivity index (χ4v) is 4.42. The van der Waals surface area contributed by atoms with E-state index < -0.39 is 0 Å². The maximum Gasteiger partial charge on any atom is 0.163 e. The molecule has 6 rings (SSSR count). The fourth-order valence-electron chi connectivity index (χ4n) is 4.42. The zero-order valence-electron chi connectivity index (χ0n) is 23.1. The molecular formula is C34H28F2N4O3. The van der Waals surface area contributed by atoms with Gasteiger partial charge in [-0.05, 0) is 59.7 Å². The van der Waals surface area contributed by atoms with Crippen LogP contribution in [0.2, 0.25) is 0 Å². The van der Waals surface area contributed by atoms with Crippen LogP contribution in [0.5, 0.6) is 0 Å². The van der Waals surface area contributed by atoms with Gasteiger partial charge in [0.15, 0.2) is 11.5 Å². The molecule has 0 saturated carbocycles. The van der Waals surface area contributed by atoms with Gasteiger partial charge in [-0.1, -0.05) is 58.8 Å². The second-order valence-corrected chi connectivity index (χ2v) is 9.96. The molecule has 9 heteroatoms. The summed E-state index contributed by atoms with van der Waals surface area (Å²) in [7, 11) is 0. The topological polar surface area (TPSA) is 85.4 Å². The Bertz CT molecular complexity index is 1620. The molecule has 0 aliphatic carbocycles. The minimum absolute atomic E-state index is 0.231. The normalized spacial score (nSPS) is 11.0. The van der Waals surface area contributed by atoms with Crippen LogP contribution in [-0.4, -0.2) is 10.3 Å². The van der Waals surface area contributed by atoms with Gasteiger partial charge in [0.25, 0.3) is 0 Å². The van der Waals surface area contributed by atoms with Gasteiger partial charge >= 0.3 is 0 Å². The van der Waals surface area contributed by atoms with E-state index in [1.54, 1.807) is 24.3 Å². The summed E-state index contributed by atoms with van der Waals surface area (Å²) in [4.78, 5) is 0. The molecule has 43 heavy (non-hydrogen) atoms. The van der Waals surface area contributed by atoms with Gasteiger partial charge in [0, 0.05) is 47.7 Å². The van der Waals surface area contributed by atoms with Gasteiger partial charge in [-0.3, -0.25) is 0 Å². The monoisotopic (exact) mass is 578 g/mol. The smallest absolute Gasteiger partial charge is 0.163 e. The number of rotatable bonds is 12. The summed E-state index contributed by atoms with van der Waals surface area (Å²) in [6.45, 7) is 1.66. The van der Waals surface area contributed by atoms with Gasteiger partial charge in [-0.15, -0.1) is 0 Å². The van der Waals surface area contributed by atoms with Crippen LogP contribution in [0.3, 0.4) is 0 Å². The molecule has 0 aliphatic rings. The minimum Gasteiger partial charge on any atom is -0.381 e. The maximum atomic E-state index is 13.1. The van der Waals surface area contributed by atoms with Crippen molar-refractivity contribution in [1.82, 2.24) is 10.3 Å². The molecule has 0 fully saturated rings. The first-order chi connectivity index (χ1) is 21.1. The molecule has 0 saturated heterocycles. The third kappa shape index (κ3) is 7.52. The molecule has 2 aromatic heterocycles. The third-order valence-electron chi connectivity index (χ3n) is 6.79. The molecule has 0 amide bonds. The first-order valence-corrected chi connectivity index (χ1v) is 13.7. The Labute approximate surface area is 247 Å². The Morgan fingerprint density at radius 3 is 1.33 bits per heavy atom. The third-order valence-corrected chi connectivity index (χ3v) is 6.79. The summed E-state index contributed by atoms with van der Waals surface area (Å²) < 4.78 is 42.8. The predicted octanol–water partition coefficient (Wildman–Crippen LogP) is 8.22. The molecule has 4 aromatic carbocycles. The van der Waals surface area contributed by atoms with Gasteiger partial charge in [0.1, 0.15) is 36.2 Å². The predicted molar refractivity (Wildman–Crippen MR) is 160 cm³/mol. The standard InChI is InChI=1S/C34H28F2N4O3/c35-27-9-1-23(2-10-27)19-37-29-13-5-25(6-14-29)33-17-31(42-39-33)21-41-22-32-18-34(40-43-32)26-7-15-30(16-8-26)38-20-24-3-11-28(36)12-4-24/h1-18,37-38H,19-22H2. The summed E-state index contributed by atoms with van der Waals surface area (Å²) in [5.74, 6) is 0.699. The Morgan fingerprint density at radius 2 is 0.930 bits per heavy atom. The molecule has 2 N–H and O–H groups in total. The molecular weight excluding hydrogens is 550 g/mol. The average Bonchev–Trinajstić information content (AvgIpc) is 3.72. The van der Waals surface area contributed by atoms with E-state index in [4.69, 9.17) is 13.8 Å². The quantitative estimate of drug-likeness (QED) is 0.151. The van der Waals surface area contributed by atoms with Crippen molar-refractivity contribution in [3.05, 3.63) is 143 Å². The van der Waals surface area contributed by atoms with E-state index in [9.17, 15) is 8.78 Å². The molecule has 0 spiro atoms. The molecule has 2 heterocycles. The van der Waals surface area contributed by atoms with Gasteiger partial charge in [0.05, 0.1) is 0 Å². The number of nitrogens with zero attached hydrogens (tertiary/aromatic N) is 2. The van der Waals surface area contributed by atoms with E-state index in [1.807, 2.05) is 60.7 Å². The van der Waals surface area contributed by atoms with Crippen molar-refractivity contribution in [3.8, 4) is 22.5 Å². The first-order valence-electron chi connectivity index (χ1n) is 13.7. The van der Waals surface area contributed by atoms with Crippen molar-refractivity contribution in [3.63, 3.8) is 0 Å². The van der Waals surface area contributed by atoms with Crippen molar-refractivity contribution >= 4 is 11.4 Å². The summed E-state index contributed by atoms with van der Waals surface area (Å²) in [5.41, 5.74) is 7.13. The van der Waals surface area contributed by atoms with Crippen LogP contribution in [0.1, 0.15) is 22.6 Å². The number of anilines is 2. The van der Waals surface area contributed by atoms with Crippen molar-refractivity contribution in [2.75, 3.05) is 10.6 Å². The number of hydrogen-bond acceptors (Lipinski definition) is 7. The Balaban J connectivity index is 0.958. The van der Waals surface area contributed by atoms with Gasteiger partial charge in [-0.25, -0.2) is 8.78 Å². The van der Waals surface area contributed by atoms with E-state index in [2.05, 4.69) is 20.9 Å². The highest BCUT2D eigenvalue weighted by Crippen LogP contribution is 2.24. The van der Waals surface area contributed by atoms with Crippen LogP contribution in [0.25, 0.3) is 22.5 Å². The molecule has 0 unspecified atom stereocenters. The van der Waals surface area contributed by atoms with Gasteiger partial charge in [0.2, 0.25) is 0 Å². The fraction of sp³-hybridized carbons (Fsp3) is 0.118. The lowest BCUT2D eigenvalue weighted by molar-refractivity contribution is 0.0727.